The van der Waals surface area contributed by atoms with Crippen molar-refractivity contribution >= 4 is 11.9 Å². The van der Waals surface area contributed by atoms with Gasteiger partial charge in [0.25, 0.3) is 0 Å². The van der Waals surface area contributed by atoms with Gasteiger partial charge in [0.05, 0.1) is 5.92 Å². The summed E-state index contributed by atoms with van der Waals surface area (Å²) in [5.74, 6) is -2.62. The summed E-state index contributed by atoms with van der Waals surface area (Å²) in [4.78, 5) is 24.2. The molecule has 0 saturated carbocycles. The molecular formula is C15H18FNO4. The highest BCUT2D eigenvalue weighted by atomic mass is 19.1. The van der Waals surface area contributed by atoms with E-state index in [0.29, 0.717) is 37.1 Å². The molecule has 0 amide bonds. The maximum Gasteiger partial charge on any atom is 0.325 e. The number of hydrogen-bond donors (Lipinski definition) is 2. The van der Waals surface area contributed by atoms with Crippen molar-refractivity contribution in [2.75, 3.05) is 13.1 Å². The number of carboxylic acids is 2. The van der Waals surface area contributed by atoms with Crippen molar-refractivity contribution in [1.29, 1.82) is 0 Å². The van der Waals surface area contributed by atoms with Gasteiger partial charge in [-0.3, -0.25) is 14.5 Å². The normalized spacial score (nSPS) is 18.4. The second-order valence-electron chi connectivity index (χ2n) is 5.40. The van der Waals surface area contributed by atoms with Gasteiger partial charge < -0.3 is 10.2 Å². The predicted octanol–water partition coefficient (Wildman–Crippen LogP) is 2.06. The third-order valence-electron chi connectivity index (χ3n) is 3.98. The van der Waals surface area contributed by atoms with E-state index in [1.54, 1.807) is 11.8 Å². The molecule has 0 aliphatic carbocycles. The maximum absolute atomic E-state index is 13.3. The zero-order valence-electron chi connectivity index (χ0n) is 11.8. The predicted molar refractivity (Wildman–Crippen MR) is 73.4 cm³/mol. The van der Waals surface area contributed by atoms with Crippen molar-refractivity contribution in [3.63, 3.8) is 0 Å². The molecule has 21 heavy (non-hydrogen) atoms. The molecule has 6 heteroatoms. The Hall–Kier alpha value is -1.95. The Morgan fingerprint density at radius 3 is 2.38 bits per heavy atom. The fraction of sp³-hybridized carbons (Fsp3) is 0.467. The molecule has 1 heterocycles. The average Bonchev–Trinajstić information content (AvgIpc) is 2.43. The van der Waals surface area contributed by atoms with Crippen molar-refractivity contribution in [2.45, 2.75) is 25.8 Å². The molecule has 5 nitrogen and oxygen atoms in total. The molecule has 2 N–H and O–H groups in total. The van der Waals surface area contributed by atoms with Crippen LogP contribution < -0.4 is 0 Å². The van der Waals surface area contributed by atoms with Gasteiger partial charge in [-0.15, -0.1) is 0 Å². The van der Waals surface area contributed by atoms with Crippen LogP contribution in [0.1, 0.15) is 30.0 Å². The number of hydrogen-bond acceptors (Lipinski definition) is 3. The van der Waals surface area contributed by atoms with Crippen molar-refractivity contribution in [1.82, 2.24) is 4.90 Å². The number of nitrogens with zero attached hydrogens (tertiary/aromatic N) is 1. The maximum atomic E-state index is 13.3. The molecular weight excluding hydrogens is 277 g/mol. The number of aliphatic carboxylic acids is 2. The standard InChI is InChI=1S/C15H18FNO4/c1-9-8-11(2-3-12(9)16)13(15(20)21)17-6-4-10(5-7-17)14(18)19/h2-3,8,10,13H,4-7H2,1H3,(H,18,19)(H,20,21). The molecule has 1 aliphatic heterocycles. The van der Waals surface area contributed by atoms with E-state index in [4.69, 9.17) is 5.11 Å². The number of likely N-dealkylation sites (tertiary alicyclic amines) is 1. The van der Waals surface area contributed by atoms with E-state index in [9.17, 15) is 19.1 Å². The molecule has 0 bridgehead atoms. The molecule has 1 aliphatic rings. The highest BCUT2D eigenvalue weighted by molar-refractivity contribution is 5.76. The Morgan fingerprint density at radius 2 is 1.90 bits per heavy atom. The fourth-order valence-corrected chi connectivity index (χ4v) is 2.75. The Kier molecular flexibility index (Phi) is 4.57. The van der Waals surface area contributed by atoms with Crippen LogP contribution in [0.2, 0.25) is 0 Å². The quantitative estimate of drug-likeness (QED) is 0.889. The minimum atomic E-state index is -1.00. The van der Waals surface area contributed by atoms with Crippen molar-refractivity contribution in [2.24, 2.45) is 5.92 Å². The van der Waals surface area contributed by atoms with E-state index in [2.05, 4.69) is 0 Å². The van der Waals surface area contributed by atoms with E-state index in [0.717, 1.165) is 0 Å². The lowest BCUT2D eigenvalue weighted by atomic mass is 9.94. The molecule has 114 valence electrons. The lowest BCUT2D eigenvalue weighted by Crippen LogP contribution is -2.41. The van der Waals surface area contributed by atoms with Crippen molar-refractivity contribution in [3.05, 3.63) is 35.1 Å². The molecule has 1 aromatic carbocycles. The van der Waals surface area contributed by atoms with E-state index in [1.165, 1.54) is 18.2 Å². The van der Waals surface area contributed by atoms with Crippen LogP contribution in [-0.4, -0.2) is 40.1 Å². The van der Waals surface area contributed by atoms with Crippen LogP contribution in [0.25, 0.3) is 0 Å². The van der Waals surface area contributed by atoms with Gasteiger partial charge in [-0.25, -0.2) is 4.39 Å². The topological polar surface area (TPSA) is 77.8 Å². The van der Waals surface area contributed by atoms with Crippen LogP contribution in [-0.2, 0) is 9.59 Å². The second kappa shape index (κ2) is 6.22. The number of carboxylic acid groups (broad SMARTS) is 2. The van der Waals surface area contributed by atoms with Gasteiger partial charge in [0, 0.05) is 13.1 Å². The minimum Gasteiger partial charge on any atom is -0.481 e. The number of benzene rings is 1. The Morgan fingerprint density at radius 1 is 1.29 bits per heavy atom. The van der Waals surface area contributed by atoms with E-state index in [-0.39, 0.29) is 5.82 Å². The number of aryl methyl sites for hydroxylation is 1. The van der Waals surface area contributed by atoms with Crippen molar-refractivity contribution < 1.29 is 24.2 Å². The Labute approximate surface area is 122 Å². The van der Waals surface area contributed by atoms with Gasteiger partial charge in [0.1, 0.15) is 11.9 Å². The number of carbonyl (C=O) groups is 2. The van der Waals surface area contributed by atoms with Gasteiger partial charge in [-0.05, 0) is 37.0 Å². The largest absolute Gasteiger partial charge is 0.481 e. The van der Waals surface area contributed by atoms with Crippen LogP contribution >= 0.6 is 0 Å². The summed E-state index contributed by atoms with van der Waals surface area (Å²) >= 11 is 0. The summed E-state index contributed by atoms with van der Waals surface area (Å²) in [6.07, 6.45) is 0.860. The van der Waals surface area contributed by atoms with Crippen LogP contribution in [0.5, 0.6) is 0 Å². The lowest BCUT2D eigenvalue weighted by molar-refractivity contribution is -0.146. The molecule has 1 unspecified atom stereocenters. The SMILES string of the molecule is Cc1cc(C(C(=O)O)N2CCC(C(=O)O)CC2)ccc1F. The van der Waals surface area contributed by atoms with Gasteiger partial charge in [0.15, 0.2) is 0 Å². The Bertz CT molecular complexity index is 553. The molecule has 2 rings (SSSR count). The summed E-state index contributed by atoms with van der Waals surface area (Å²) in [7, 11) is 0. The molecule has 1 fully saturated rings. The first kappa shape index (κ1) is 15.4. The lowest BCUT2D eigenvalue weighted by Gasteiger charge is -2.34. The number of piperidine rings is 1. The third-order valence-corrected chi connectivity index (χ3v) is 3.98. The highest BCUT2D eigenvalue weighted by Gasteiger charge is 2.33. The van der Waals surface area contributed by atoms with Gasteiger partial charge >= 0.3 is 11.9 Å². The van der Waals surface area contributed by atoms with Crippen molar-refractivity contribution in [3.8, 4) is 0 Å². The molecule has 1 aromatic rings. The zero-order valence-corrected chi connectivity index (χ0v) is 11.8. The van der Waals surface area contributed by atoms with Gasteiger partial charge in [-0.1, -0.05) is 12.1 Å². The molecule has 1 saturated heterocycles. The monoisotopic (exact) mass is 295 g/mol. The van der Waals surface area contributed by atoms with Gasteiger partial charge in [0.2, 0.25) is 0 Å². The smallest absolute Gasteiger partial charge is 0.325 e. The first-order valence-electron chi connectivity index (χ1n) is 6.86. The summed E-state index contributed by atoms with van der Waals surface area (Å²) in [6, 6.07) is 3.42. The summed E-state index contributed by atoms with van der Waals surface area (Å²) in [5.41, 5.74) is 0.925. The zero-order chi connectivity index (χ0) is 15.6. The van der Waals surface area contributed by atoms with E-state index in [1.807, 2.05) is 0 Å². The number of halogens is 1. The summed E-state index contributed by atoms with van der Waals surface area (Å²) in [5, 5.41) is 18.4. The first-order chi connectivity index (χ1) is 9.90. The second-order valence-corrected chi connectivity index (χ2v) is 5.40. The first-order valence-corrected chi connectivity index (χ1v) is 6.86. The summed E-state index contributed by atoms with van der Waals surface area (Å²) in [6.45, 7) is 2.41. The van der Waals surface area contributed by atoms with E-state index >= 15 is 0 Å². The van der Waals surface area contributed by atoms with E-state index < -0.39 is 23.9 Å². The minimum absolute atomic E-state index is 0.368. The molecule has 0 spiro atoms. The fourth-order valence-electron chi connectivity index (χ4n) is 2.75. The van der Waals surface area contributed by atoms with Gasteiger partial charge in [-0.2, -0.15) is 0 Å². The highest BCUT2D eigenvalue weighted by Crippen LogP contribution is 2.28. The van der Waals surface area contributed by atoms with Crippen LogP contribution in [0.15, 0.2) is 18.2 Å². The summed E-state index contributed by atoms with van der Waals surface area (Å²) < 4.78 is 13.3. The average molecular weight is 295 g/mol. The Balaban J connectivity index is 2.18. The molecule has 1 atom stereocenters. The molecule has 0 radical (unpaired) electrons. The van der Waals surface area contributed by atoms with Crippen LogP contribution in [0.4, 0.5) is 4.39 Å². The molecule has 0 aromatic heterocycles. The third kappa shape index (κ3) is 3.39. The number of rotatable bonds is 4. The van der Waals surface area contributed by atoms with Crippen LogP contribution in [0, 0.1) is 18.7 Å². The van der Waals surface area contributed by atoms with Crippen LogP contribution in [0.3, 0.4) is 0 Å².